The summed E-state index contributed by atoms with van der Waals surface area (Å²) in [6.07, 6.45) is 0. The molecule has 0 aliphatic carbocycles. The van der Waals surface area contributed by atoms with Crippen molar-refractivity contribution >= 4 is 12.2 Å². The summed E-state index contributed by atoms with van der Waals surface area (Å²) >= 11 is 0. The Morgan fingerprint density at radius 2 is 1.92 bits per heavy atom. The summed E-state index contributed by atoms with van der Waals surface area (Å²) in [6.45, 7) is -0.250. The second-order valence-electron chi connectivity index (χ2n) is 1.77. The van der Waals surface area contributed by atoms with Crippen LogP contribution in [-0.2, 0) is 4.79 Å². The van der Waals surface area contributed by atoms with Gasteiger partial charge in [-0.2, -0.15) is 0 Å². The monoisotopic (exact) mass is 175 g/mol. The highest BCUT2D eigenvalue weighted by Crippen LogP contribution is 2.09. The van der Waals surface area contributed by atoms with E-state index in [1.165, 1.54) is 6.07 Å². The van der Waals surface area contributed by atoms with E-state index in [1.54, 1.807) is 0 Å². The summed E-state index contributed by atoms with van der Waals surface area (Å²) in [5.41, 5.74) is 5.02. The van der Waals surface area contributed by atoms with E-state index in [4.69, 9.17) is 15.6 Å². The quantitative estimate of drug-likeness (QED) is 0.460. The highest BCUT2D eigenvalue weighted by atomic mass is 19.1. The largest absolute Gasteiger partial charge is 0.483 e. The zero-order chi connectivity index (χ0) is 9.56. The van der Waals surface area contributed by atoms with Gasteiger partial charge in [0.15, 0.2) is 0 Å². The molecule has 5 heteroatoms. The van der Waals surface area contributed by atoms with Crippen LogP contribution in [0.5, 0.6) is 0 Å². The van der Waals surface area contributed by atoms with Gasteiger partial charge in [-0.25, -0.2) is 8.78 Å². The number of carboxylic acid groups (broad SMARTS) is 1. The first kappa shape index (κ1) is 10.3. The normalized spacial score (nSPS) is 8.17. The number of anilines is 1. The van der Waals surface area contributed by atoms with Crippen molar-refractivity contribution < 1.29 is 18.7 Å². The minimum absolute atomic E-state index is 0.0311. The Balaban J connectivity index is 0.000000354. The Bertz CT molecular complexity index is 266. The number of benzene rings is 1. The molecule has 0 saturated heterocycles. The Morgan fingerprint density at radius 1 is 1.42 bits per heavy atom. The van der Waals surface area contributed by atoms with Crippen LogP contribution in [0.15, 0.2) is 18.2 Å². The second kappa shape index (κ2) is 5.06. The van der Waals surface area contributed by atoms with E-state index in [1.807, 2.05) is 0 Å². The van der Waals surface area contributed by atoms with Crippen molar-refractivity contribution in [3.05, 3.63) is 29.8 Å². The van der Waals surface area contributed by atoms with Gasteiger partial charge in [0.25, 0.3) is 6.47 Å². The lowest BCUT2D eigenvalue weighted by Crippen LogP contribution is -1.89. The van der Waals surface area contributed by atoms with Gasteiger partial charge in [0, 0.05) is 6.07 Å². The molecule has 1 rings (SSSR count). The van der Waals surface area contributed by atoms with Crippen LogP contribution in [0.1, 0.15) is 0 Å². The Morgan fingerprint density at radius 3 is 2.25 bits per heavy atom. The number of hydrogen-bond acceptors (Lipinski definition) is 2. The van der Waals surface area contributed by atoms with Gasteiger partial charge in [-0.3, -0.25) is 4.79 Å². The Hall–Kier alpha value is -1.65. The van der Waals surface area contributed by atoms with Crippen molar-refractivity contribution in [1.82, 2.24) is 0 Å². The van der Waals surface area contributed by atoms with Gasteiger partial charge >= 0.3 is 0 Å². The van der Waals surface area contributed by atoms with Crippen molar-refractivity contribution in [2.24, 2.45) is 0 Å². The molecule has 0 saturated carbocycles. The van der Waals surface area contributed by atoms with Gasteiger partial charge in [-0.05, 0) is 12.1 Å². The SMILES string of the molecule is Nc1ccc(F)cc1F.O=CO. The van der Waals surface area contributed by atoms with E-state index in [9.17, 15) is 8.78 Å². The average molecular weight is 175 g/mol. The molecule has 0 unspecified atom stereocenters. The highest BCUT2D eigenvalue weighted by molar-refractivity contribution is 5.38. The number of halogens is 2. The van der Waals surface area contributed by atoms with Gasteiger partial charge in [-0.1, -0.05) is 0 Å². The van der Waals surface area contributed by atoms with Gasteiger partial charge in [0.1, 0.15) is 11.6 Å². The fourth-order valence-electron chi connectivity index (χ4n) is 0.502. The first-order chi connectivity index (χ1) is 5.61. The van der Waals surface area contributed by atoms with E-state index < -0.39 is 11.6 Å². The lowest BCUT2D eigenvalue weighted by atomic mass is 10.3. The molecule has 0 amide bonds. The second-order valence-corrected chi connectivity index (χ2v) is 1.77. The predicted octanol–water partition coefficient (Wildman–Crippen LogP) is 1.25. The molecular formula is C7H7F2NO2. The summed E-state index contributed by atoms with van der Waals surface area (Å²) in [5, 5.41) is 6.89. The van der Waals surface area contributed by atoms with Crippen LogP contribution in [0.4, 0.5) is 14.5 Å². The third kappa shape index (κ3) is 3.50. The Kier molecular flexibility index (Phi) is 4.36. The maximum absolute atomic E-state index is 12.2. The molecule has 3 nitrogen and oxygen atoms in total. The lowest BCUT2D eigenvalue weighted by Gasteiger charge is -1.92. The van der Waals surface area contributed by atoms with Crippen LogP contribution in [0.3, 0.4) is 0 Å². The number of rotatable bonds is 0. The summed E-state index contributed by atoms with van der Waals surface area (Å²) in [4.78, 5) is 8.36. The molecule has 0 fully saturated rings. The molecule has 0 aromatic heterocycles. The van der Waals surface area contributed by atoms with Gasteiger partial charge < -0.3 is 10.8 Å². The van der Waals surface area contributed by atoms with Crippen LogP contribution < -0.4 is 5.73 Å². The predicted molar refractivity (Wildman–Crippen MR) is 39.5 cm³/mol. The van der Waals surface area contributed by atoms with Crippen LogP contribution >= 0.6 is 0 Å². The minimum atomic E-state index is -0.713. The molecule has 0 aliphatic rings. The standard InChI is InChI=1S/C6H5F2N.CH2O2/c7-4-1-2-6(9)5(8)3-4;2-1-3/h1-3H,9H2;1H,(H,2,3). The average Bonchev–Trinajstić information content (AvgIpc) is 1.99. The van der Waals surface area contributed by atoms with Crippen molar-refractivity contribution in [2.45, 2.75) is 0 Å². The van der Waals surface area contributed by atoms with Crippen LogP contribution in [-0.4, -0.2) is 11.6 Å². The summed E-state index contributed by atoms with van der Waals surface area (Å²) in [7, 11) is 0. The third-order valence-corrected chi connectivity index (χ3v) is 0.962. The molecule has 1 aromatic carbocycles. The van der Waals surface area contributed by atoms with Gasteiger partial charge in [0.2, 0.25) is 0 Å². The summed E-state index contributed by atoms with van der Waals surface area (Å²) in [6, 6.07) is 3.04. The van der Waals surface area contributed by atoms with Gasteiger partial charge in [-0.15, -0.1) is 0 Å². The molecule has 12 heavy (non-hydrogen) atoms. The molecule has 1 aromatic rings. The number of nitrogens with two attached hydrogens (primary N) is 1. The van der Waals surface area contributed by atoms with Crippen molar-refractivity contribution in [3.63, 3.8) is 0 Å². The summed E-state index contributed by atoms with van der Waals surface area (Å²) in [5.74, 6) is -1.32. The molecule has 3 N–H and O–H groups in total. The Labute approximate surface area is 67.4 Å². The smallest absolute Gasteiger partial charge is 0.290 e. The molecule has 0 atom stereocenters. The first-order valence-corrected chi connectivity index (χ1v) is 2.90. The molecule has 0 spiro atoms. The molecule has 0 heterocycles. The van der Waals surface area contributed by atoms with Crippen LogP contribution in [0.2, 0.25) is 0 Å². The lowest BCUT2D eigenvalue weighted by molar-refractivity contribution is -0.122. The zero-order valence-electron chi connectivity index (χ0n) is 6.00. The molecule has 0 radical (unpaired) electrons. The topological polar surface area (TPSA) is 63.3 Å². The molecule has 66 valence electrons. The van der Waals surface area contributed by atoms with E-state index in [0.717, 1.165) is 12.1 Å². The zero-order valence-corrected chi connectivity index (χ0v) is 6.00. The minimum Gasteiger partial charge on any atom is -0.483 e. The maximum atomic E-state index is 12.2. The van der Waals surface area contributed by atoms with E-state index >= 15 is 0 Å². The molecule has 0 aliphatic heterocycles. The van der Waals surface area contributed by atoms with Crippen LogP contribution in [0, 0.1) is 11.6 Å². The fraction of sp³-hybridized carbons (Fsp3) is 0. The highest BCUT2D eigenvalue weighted by Gasteiger charge is 1.96. The summed E-state index contributed by atoms with van der Waals surface area (Å²) < 4.78 is 24.3. The van der Waals surface area contributed by atoms with Crippen molar-refractivity contribution in [1.29, 1.82) is 0 Å². The van der Waals surface area contributed by atoms with Gasteiger partial charge in [0.05, 0.1) is 5.69 Å². The van der Waals surface area contributed by atoms with Crippen LogP contribution in [0.25, 0.3) is 0 Å². The van der Waals surface area contributed by atoms with E-state index in [0.29, 0.717) is 0 Å². The first-order valence-electron chi connectivity index (χ1n) is 2.90. The number of carbonyl (C=O) groups is 1. The fourth-order valence-corrected chi connectivity index (χ4v) is 0.502. The molecular weight excluding hydrogens is 168 g/mol. The number of hydrogen-bond donors (Lipinski definition) is 2. The van der Waals surface area contributed by atoms with Crippen molar-refractivity contribution in [3.8, 4) is 0 Å². The third-order valence-electron chi connectivity index (χ3n) is 0.962. The van der Waals surface area contributed by atoms with E-state index in [-0.39, 0.29) is 12.2 Å². The molecule has 0 bridgehead atoms. The van der Waals surface area contributed by atoms with Crippen molar-refractivity contribution in [2.75, 3.05) is 5.73 Å². The maximum Gasteiger partial charge on any atom is 0.290 e. The van der Waals surface area contributed by atoms with E-state index in [2.05, 4.69) is 0 Å². The number of nitrogen functional groups attached to an aromatic ring is 1.